The Morgan fingerprint density at radius 3 is 2.79 bits per heavy atom. The Hall–Kier alpha value is -1.98. The van der Waals surface area contributed by atoms with Crippen molar-refractivity contribution in [2.45, 2.75) is 13.8 Å². The number of carboxylic acid groups (broad SMARTS) is 1. The molecule has 2 aromatic rings. The Kier molecular flexibility index (Phi) is 1.70. The molecule has 6 nitrogen and oxygen atoms in total. The van der Waals surface area contributed by atoms with Gasteiger partial charge < -0.3 is 9.90 Å². The van der Waals surface area contributed by atoms with E-state index in [9.17, 15) is 9.90 Å². The van der Waals surface area contributed by atoms with Crippen molar-refractivity contribution in [3.05, 3.63) is 23.1 Å². The minimum atomic E-state index is -1.34. The van der Waals surface area contributed by atoms with Gasteiger partial charge in [-0.25, -0.2) is 4.52 Å². The molecule has 0 atom stereocenters. The van der Waals surface area contributed by atoms with Crippen LogP contribution in [-0.4, -0.2) is 25.8 Å². The molecule has 0 aliphatic heterocycles. The summed E-state index contributed by atoms with van der Waals surface area (Å²) < 4.78 is 1.44. The van der Waals surface area contributed by atoms with E-state index >= 15 is 0 Å². The van der Waals surface area contributed by atoms with Crippen molar-refractivity contribution >= 4 is 11.6 Å². The Bertz CT molecular complexity index is 517. The van der Waals surface area contributed by atoms with Crippen LogP contribution in [-0.2, 0) is 0 Å². The van der Waals surface area contributed by atoms with Gasteiger partial charge in [0.1, 0.15) is 5.69 Å². The minimum Gasteiger partial charge on any atom is -0.543 e. The molecule has 72 valence electrons. The second-order valence-corrected chi connectivity index (χ2v) is 2.98. The van der Waals surface area contributed by atoms with Crippen LogP contribution in [0.3, 0.4) is 0 Å². The van der Waals surface area contributed by atoms with Gasteiger partial charge in [0.05, 0.1) is 17.4 Å². The lowest BCUT2D eigenvalue weighted by Crippen LogP contribution is -2.26. The van der Waals surface area contributed by atoms with Gasteiger partial charge in [0, 0.05) is 6.07 Å². The highest BCUT2D eigenvalue weighted by Gasteiger charge is 2.08. The molecule has 0 aliphatic carbocycles. The highest BCUT2D eigenvalue weighted by molar-refractivity contribution is 5.84. The SMILES string of the molecule is Cc1cc2nnc(C(=O)[O-])c(C)n2n1. The van der Waals surface area contributed by atoms with Gasteiger partial charge in [-0.3, -0.25) is 0 Å². The van der Waals surface area contributed by atoms with Crippen molar-refractivity contribution in [1.29, 1.82) is 0 Å². The van der Waals surface area contributed by atoms with E-state index in [4.69, 9.17) is 0 Å². The molecule has 0 radical (unpaired) electrons. The smallest absolute Gasteiger partial charge is 0.177 e. The van der Waals surface area contributed by atoms with Crippen LogP contribution < -0.4 is 5.11 Å². The first-order valence-electron chi connectivity index (χ1n) is 4.00. The second kappa shape index (κ2) is 2.76. The third-order valence-electron chi connectivity index (χ3n) is 1.92. The fourth-order valence-corrected chi connectivity index (χ4v) is 1.27. The molecule has 6 heteroatoms. The van der Waals surface area contributed by atoms with Crippen molar-refractivity contribution in [2.75, 3.05) is 0 Å². The van der Waals surface area contributed by atoms with Crippen molar-refractivity contribution < 1.29 is 9.90 Å². The Morgan fingerprint density at radius 1 is 1.43 bits per heavy atom. The number of fused-ring (bicyclic) bond motifs is 1. The second-order valence-electron chi connectivity index (χ2n) is 2.98. The molecule has 2 rings (SSSR count). The van der Waals surface area contributed by atoms with Gasteiger partial charge in [0.25, 0.3) is 0 Å². The van der Waals surface area contributed by atoms with Gasteiger partial charge >= 0.3 is 0 Å². The average Bonchev–Trinajstić information content (AvgIpc) is 2.46. The number of aromatic carboxylic acids is 1. The first-order chi connectivity index (χ1) is 6.59. The first kappa shape index (κ1) is 8.61. The van der Waals surface area contributed by atoms with Gasteiger partial charge in [0.15, 0.2) is 5.65 Å². The van der Waals surface area contributed by atoms with Crippen molar-refractivity contribution in [3.8, 4) is 0 Å². The van der Waals surface area contributed by atoms with Crippen molar-refractivity contribution in [2.24, 2.45) is 0 Å². The number of aryl methyl sites for hydroxylation is 2. The summed E-state index contributed by atoms with van der Waals surface area (Å²) in [7, 11) is 0. The average molecular weight is 191 g/mol. The highest BCUT2D eigenvalue weighted by atomic mass is 16.4. The number of carboxylic acids is 1. The lowest BCUT2D eigenvalue weighted by atomic mass is 10.3. The maximum Gasteiger partial charge on any atom is 0.177 e. The maximum atomic E-state index is 10.6. The van der Waals surface area contributed by atoms with Crippen LogP contribution in [0.15, 0.2) is 6.07 Å². The molecule has 0 fully saturated rings. The van der Waals surface area contributed by atoms with Crippen molar-refractivity contribution in [3.63, 3.8) is 0 Å². The van der Waals surface area contributed by atoms with Gasteiger partial charge in [-0.05, 0) is 13.8 Å². The van der Waals surface area contributed by atoms with Crippen LogP contribution in [0.25, 0.3) is 5.65 Å². The van der Waals surface area contributed by atoms with Crippen molar-refractivity contribution in [1.82, 2.24) is 19.8 Å². The highest BCUT2D eigenvalue weighted by Crippen LogP contribution is 2.07. The first-order valence-corrected chi connectivity index (χ1v) is 4.00. The van der Waals surface area contributed by atoms with Crippen LogP contribution in [0.4, 0.5) is 0 Å². The lowest BCUT2D eigenvalue weighted by Gasteiger charge is -2.05. The molecular formula is C8H7N4O2-. The van der Waals surface area contributed by atoms with Gasteiger partial charge in [-0.1, -0.05) is 0 Å². The third-order valence-corrected chi connectivity index (χ3v) is 1.92. The monoisotopic (exact) mass is 191 g/mol. The number of carbonyl (C=O) groups is 1. The van der Waals surface area contributed by atoms with Crippen LogP contribution in [0.1, 0.15) is 21.9 Å². The van der Waals surface area contributed by atoms with Crippen LogP contribution >= 0.6 is 0 Å². The molecule has 0 saturated heterocycles. The quantitative estimate of drug-likeness (QED) is 0.583. The zero-order valence-electron chi connectivity index (χ0n) is 7.68. The van der Waals surface area contributed by atoms with E-state index in [0.29, 0.717) is 11.3 Å². The molecule has 0 bridgehead atoms. The molecule has 14 heavy (non-hydrogen) atoms. The van der Waals surface area contributed by atoms with E-state index in [-0.39, 0.29) is 5.69 Å². The van der Waals surface area contributed by atoms with E-state index in [1.807, 2.05) is 0 Å². The summed E-state index contributed by atoms with van der Waals surface area (Å²) in [6.07, 6.45) is 0. The van der Waals surface area contributed by atoms with E-state index in [1.165, 1.54) is 4.52 Å². The summed E-state index contributed by atoms with van der Waals surface area (Å²) in [4.78, 5) is 10.6. The summed E-state index contributed by atoms with van der Waals surface area (Å²) >= 11 is 0. The fraction of sp³-hybridized carbons (Fsp3) is 0.250. The molecule has 0 aromatic carbocycles. The third kappa shape index (κ3) is 1.12. The number of nitrogens with zero attached hydrogens (tertiary/aromatic N) is 4. The normalized spacial score (nSPS) is 10.7. The molecule has 0 N–H and O–H groups in total. The molecule has 0 spiro atoms. The van der Waals surface area contributed by atoms with Gasteiger partial charge in [0.2, 0.25) is 0 Å². The Balaban J connectivity index is 2.80. The fourth-order valence-electron chi connectivity index (χ4n) is 1.27. The summed E-state index contributed by atoms with van der Waals surface area (Å²) in [5.41, 5.74) is 1.53. The number of hydrogen-bond donors (Lipinski definition) is 0. The van der Waals surface area contributed by atoms with Crippen LogP contribution in [0, 0.1) is 13.8 Å². The predicted octanol–water partition coefficient (Wildman–Crippen LogP) is -0.895. The van der Waals surface area contributed by atoms with E-state index in [1.54, 1.807) is 19.9 Å². The topological polar surface area (TPSA) is 83.2 Å². The molecule has 0 aliphatic rings. The molecular weight excluding hydrogens is 184 g/mol. The van der Waals surface area contributed by atoms with Crippen LogP contribution in [0.5, 0.6) is 0 Å². The number of aromatic nitrogens is 4. The molecule has 2 heterocycles. The zero-order valence-corrected chi connectivity index (χ0v) is 7.68. The summed E-state index contributed by atoms with van der Waals surface area (Å²) in [6.45, 7) is 3.41. The summed E-state index contributed by atoms with van der Waals surface area (Å²) in [5, 5.41) is 22.0. The molecule has 0 saturated carbocycles. The lowest BCUT2D eigenvalue weighted by molar-refractivity contribution is -0.255. The zero-order chi connectivity index (χ0) is 10.3. The van der Waals surface area contributed by atoms with E-state index in [0.717, 1.165) is 5.69 Å². The number of rotatable bonds is 1. The van der Waals surface area contributed by atoms with E-state index < -0.39 is 5.97 Å². The van der Waals surface area contributed by atoms with Gasteiger partial charge in [-0.2, -0.15) is 5.10 Å². The largest absolute Gasteiger partial charge is 0.543 e. The minimum absolute atomic E-state index is 0.180. The van der Waals surface area contributed by atoms with Gasteiger partial charge in [-0.15, -0.1) is 10.2 Å². The molecule has 0 unspecified atom stereocenters. The summed E-state index contributed by atoms with van der Waals surface area (Å²) in [5.74, 6) is -1.34. The van der Waals surface area contributed by atoms with Crippen LogP contribution in [0.2, 0.25) is 0 Å². The molecule has 0 amide bonds. The standard InChI is InChI=1S/C8H8N4O2/c1-4-3-6-9-10-7(8(13)14)5(2)12(6)11-4/h3H,1-2H3,(H,13,14)/p-1. The number of hydrogen-bond acceptors (Lipinski definition) is 5. The Labute approximate surface area is 79.2 Å². The predicted molar refractivity (Wildman–Crippen MR) is 44.6 cm³/mol. The molecule has 2 aromatic heterocycles. The van der Waals surface area contributed by atoms with E-state index in [2.05, 4.69) is 15.3 Å². The Morgan fingerprint density at radius 2 is 2.14 bits per heavy atom. The number of carbonyl (C=O) groups excluding carboxylic acids is 1. The maximum absolute atomic E-state index is 10.6. The summed E-state index contributed by atoms with van der Waals surface area (Å²) in [6, 6.07) is 1.72.